The number of allylic oxidation sites excluding steroid dienone is 1. The number of para-hydroxylation sites is 4. The van der Waals surface area contributed by atoms with Gasteiger partial charge in [-0.1, -0.05) is 97.9 Å². The molecule has 0 amide bonds. The summed E-state index contributed by atoms with van der Waals surface area (Å²) in [7, 11) is 0. The predicted molar refractivity (Wildman–Crippen MR) is 194 cm³/mol. The summed E-state index contributed by atoms with van der Waals surface area (Å²) in [6.07, 6.45) is 7.74. The van der Waals surface area contributed by atoms with Crippen LogP contribution in [-0.2, 0) is 12.8 Å². The lowest BCUT2D eigenvalue weighted by molar-refractivity contribution is 0.666. The van der Waals surface area contributed by atoms with E-state index in [1.165, 1.54) is 49.7 Å². The highest BCUT2D eigenvalue weighted by molar-refractivity contribution is 6.12. The number of benzene rings is 6. The first-order valence-electron chi connectivity index (χ1n) is 16.3. The van der Waals surface area contributed by atoms with Gasteiger partial charge in [-0.05, 0) is 102 Å². The van der Waals surface area contributed by atoms with Crippen LogP contribution in [0.4, 0.5) is 11.4 Å². The van der Waals surface area contributed by atoms with Gasteiger partial charge in [0.25, 0.3) is 0 Å². The number of hydrogen-bond donors (Lipinski definition) is 0. The van der Waals surface area contributed by atoms with Crippen LogP contribution in [0, 0.1) is 6.92 Å². The first-order valence-corrected chi connectivity index (χ1v) is 16.3. The van der Waals surface area contributed by atoms with Crippen LogP contribution < -0.4 is 5.01 Å². The number of aryl methyl sites for hydroxylation is 1. The SMILES string of the molecule is CCc1cc2c3ccccc3n(N(c3ccccc3)c3cccc4c3oc3ccccc34)c2cc1-c1ccc2c(c1C)CCC=C2. The summed E-state index contributed by atoms with van der Waals surface area (Å²) in [5.74, 6) is 0. The molecule has 0 radical (unpaired) electrons. The molecule has 0 saturated carbocycles. The number of hydrogen-bond acceptors (Lipinski definition) is 2. The van der Waals surface area contributed by atoms with Crippen LogP contribution in [0.15, 0.2) is 132 Å². The minimum atomic E-state index is 0.877. The van der Waals surface area contributed by atoms with Crippen LogP contribution in [0.3, 0.4) is 0 Å². The molecule has 0 N–H and O–H groups in total. The maximum atomic E-state index is 6.65. The molecule has 0 spiro atoms. The Morgan fingerprint density at radius 2 is 1.48 bits per heavy atom. The Labute approximate surface area is 268 Å². The quantitative estimate of drug-likeness (QED) is 0.198. The summed E-state index contributed by atoms with van der Waals surface area (Å²) >= 11 is 0. The predicted octanol–water partition coefficient (Wildman–Crippen LogP) is 11.8. The van der Waals surface area contributed by atoms with Crippen LogP contribution in [0.1, 0.15) is 35.6 Å². The second-order valence-electron chi connectivity index (χ2n) is 12.4. The van der Waals surface area contributed by atoms with Crippen molar-refractivity contribution >= 4 is 61.2 Å². The molecule has 0 atom stereocenters. The van der Waals surface area contributed by atoms with Crippen molar-refractivity contribution in [3.63, 3.8) is 0 Å². The average Bonchev–Trinajstić information content (AvgIpc) is 3.65. The van der Waals surface area contributed by atoms with Crippen molar-refractivity contribution in [1.29, 1.82) is 0 Å². The van der Waals surface area contributed by atoms with Gasteiger partial charge in [0.1, 0.15) is 11.3 Å². The van der Waals surface area contributed by atoms with Crippen molar-refractivity contribution in [2.45, 2.75) is 33.1 Å². The molecule has 0 unspecified atom stereocenters. The lowest BCUT2D eigenvalue weighted by Crippen LogP contribution is -2.24. The molecule has 1 aliphatic carbocycles. The van der Waals surface area contributed by atoms with Crippen molar-refractivity contribution in [3.8, 4) is 11.1 Å². The summed E-state index contributed by atoms with van der Waals surface area (Å²) in [6.45, 7) is 4.59. The van der Waals surface area contributed by atoms with E-state index in [2.05, 4.69) is 151 Å². The number of furan rings is 1. The maximum absolute atomic E-state index is 6.65. The molecule has 0 bridgehead atoms. The largest absolute Gasteiger partial charge is 0.454 e. The van der Waals surface area contributed by atoms with Crippen LogP contribution in [0.5, 0.6) is 0 Å². The van der Waals surface area contributed by atoms with Gasteiger partial charge in [-0.2, -0.15) is 0 Å². The van der Waals surface area contributed by atoms with Crippen molar-refractivity contribution < 1.29 is 4.42 Å². The molecule has 3 nitrogen and oxygen atoms in total. The fourth-order valence-corrected chi connectivity index (χ4v) is 7.62. The third-order valence-electron chi connectivity index (χ3n) is 9.85. The van der Waals surface area contributed by atoms with Gasteiger partial charge in [-0.3, -0.25) is 0 Å². The van der Waals surface area contributed by atoms with Crippen LogP contribution in [0.25, 0.3) is 60.9 Å². The fourth-order valence-electron chi connectivity index (χ4n) is 7.62. The Morgan fingerprint density at radius 3 is 2.35 bits per heavy atom. The fraction of sp³-hybridized carbons (Fsp3) is 0.116. The third-order valence-corrected chi connectivity index (χ3v) is 9.85. The van der Waals surface area contributed by atoms with E-state index in [1.807, 2.05) is 6.07 Å². The number of anilines is 2. The summed E-state index contributed by atoms with van der Waals surface area (Å²) in [5, 5.41) is 7.08. The summed E-state index contributed by atoms with van der Waals surface area (Å²) < 4.78 is 9.05. The van der Waals surface area contributed by atoms with E-state index in [9.17, 15) is 0 Å². The topological polar surface area (TPSA) is 21.3 Å². The third kappa shape index (κ3) is 3.98. The standard InChI is InChI=1S/C43H34N2O/c1-3-29-26-38-34-18-9-11-21-39(34)45(41(38)27-37(29)33-25-24-30-14-7-8-17-32(30)28(33)2)44(31-15-5-4-6-16-31)40-22-13-20-36-35-19-10-12-23-42(35)46-43(36)40/h4-7,9-16,18-27H,3,8,17H2,1-2H3. The van der Waals surface area contributed by atoms with E-state index in [0.29, 0.717) is 0 Å². The van der Waals surface area contributed by atoms with Gasteiger partial charge >= 0.3 is 0 Å². The lowest BCUT2D eigenvalue weighted by Gasteiger charge is -2.28. The van der Waals surface area contributed by atoms with E-state index in [-0.39, 0.29) is 0 Å². The van der Waals surface area contributed by atoms with Gasteiger partial charge in [-0.25, -0.2) is 9.69 Å². The Kier molecular flexibility index (Phi) is 6.14. The second kappa shape index (κ2) is 10.5. The normalized spacial score (nSPS) is 12.8. The molecule has 46 heavy (non-hydrogen) atoms. The molecule has 9 rings (SSSR count). The molecule has 6 aromatic carbocycles. The summed E-state index contributed by atoms with van der Waals surface area (Å²) in [4.78, 5) is 0. The van der Waals surface area contributed by atoms with Gasteiger partial charge in [-0.15, -0.1) is 0 Å². The van der Waals surface area contributed by atoms with E-state index < -0.39 is 0 Å². The second-order valence-corrected chi connectivity index (χ2v) is 12.4. The molecular formula is C43H34N2O. The highest BCUT2D eigenvalue weighted by atomic mass is 16.3. The number of nitrogens with zero attached hydrogens (tertiary/aromatic N) is 2. The maximum Gasteiger partial charge on any atom is 0.161 e. The lowest BCUT2D eigenvalue weighted by atomic mass is 9.86. The molecule has 2 heterocycles. The average molecular weight is 595 g/mol. The summed E-state index contributed by atoms with van der Waals surface area (Å²) in [6, 6.07) is 43.8. The monoisotopic (exact) mass is 594 g/mol. The Bertz CT molecular complexity index is 2480. The van der Waals surface area contributed by atoms with Crippen LogP contribution in [0.2, 0.25) is 0 Å². The minimum Gasteiger partial charge on any atom is -0.454 e. The molecule has 222 valence electrons. The van der Waals surface area contributed by atoms with Crippen molar-refractivity contribution in [3.05, 3.63) is 150 Å². The van der Waals surface area contributed by atoms with Crippen molar-refractivity contribution in [2.24, 2.45) is 0 Å². The highest BCUT2D eigenvalue weighted by Crippen LogP contribution is 2.43. The Hall–Kier alpha value is -5.54. The zero-order valence-electron chi connectivity index (χ0n) is 26.1. The van der Waals surface area contributed by atoms with E-state index >= 15 is 0 Å². The van der Waals surface area contributed by atoms with E-state index in [0.717, 1.165) is 58.1 Å². The first-order chi connectivity index (χ1) is 22.7. The van der Waals surface area contributed by atoms with Gasteiger partial charge < -0.3 is 4.42 Å². The molecule has 0 aliphatic heterocycles. The number of rotatable bonds is 5. The van der Waals surface area contributed by atoms with E-state index in [4.69, 9.17) is 4.42 Å². The summed E-state index contributed by atoms with van der Waals surface area (Å²) in [5.41, 5.74) is 14.4. The van der Waals surface area contributed by atoms with Gasteiger partial charge in [0.2, 0.25) is 0 Å². The number of aromatic nitrogens is 1. The molecule has 8 aromatic rings. The molecule has 0 fully saturated rings. The molecule has 1 aliphatic rings. The van der Waals surface area contributed by atoms with Gasteiger partial charge in [0.05, 0.1) is 16.7 Å². The van der Waals surface area contributed by atoms with Crippen LogP contribution >= 0.6 is 0 Å². The molecule has 3 heteroatoms. The number of fused-ring (bicyclic) bond motifs is 7. The smallest absolute Gasteiger partial charge is 0.161 e. The van der Waals surface area contributed by atoms with Crippen LogP contribution in [-0.4, -0.2) is 4.68 Å². The first kappa shape index (κ1) is 26.8. The molecular weight excluding hydrogens is 560 g/mol. The highest BCUT2D eigenvalue weighted by Gasteiger charge is 2.24. The van der Waals surface area contributed by atoms with Crippen molar-refractivity contribution in [1.82, 2.24) is 4.68 Å². The Balaban J connectivity index is 1.39. The zero-order valence-corrected chi connectivity index (χ0v) is 26.1. The van der Waals surface area contributed by atoms with E-state index in [1.54, 1.807) is 0 Å². The zero-order chi connectivity index (χ0) is 30.8. The molecule has 2 aromatic heterocycles. The Morgan fingerprint density at radius 1 is 0.696 bits per heavy atom. The molecule has 0 saturated heterocycles. The van der Waals surface area contributed by atoms with Gasteiger partial charge in [0.15, 0.2) is 5.58 Å². The van der Waals surface area contributed by atoms with Crippen molar-refractivity contribution in [2.75, 3.05) is 5.01 Å². The van der Waals surface area contributed by atoms with Gasteiger partial charge in [0, 0.05) is 21.5 Å². The minimum absolute atomic E-state index is 0.877.